The number of rotatable bonds is 62. The number of unbranched alkanes of at least 4 members (excludes halogenated alkanes) is 25. The molecule has 0 aromatic rings. The van der Waals surface area contributed by atoms with Crippen LogP contribution in [0.3, 0.4) is 0 Å². The minimum absolute atomic E-state index is 0.0911. The predicted molar refractivity (Wildman–Crippen MR) is 344 cm³/mol. The van der Waals surface area contributed by atoms with E-state index in [0.717, 1.165) is 148 Å². The fourth-order valence-corrected chi connectivity index (χ4v) is 10.0. The molecule has 0 rings (SSSR count). The molecule has 0 amide bonds. The highest BCUT2D eigenvalue weighted by atomic mass is 31.2. The second-order valence-electron chi connectivity index (χ2n) is 21.9. The molecular formula is C67H118O16P2. The maximum absolute atomic E-state index is 12.8. The summed E-state index contributed by atoms with van der Waals surface area (Å²) in [6.45, 7) is 2.52. The van der Waals surface area contributed by atoms with E-state index in [1.54, 1.807) is 0 Å². The summed E-state index contributed by atoms with van der Waals surface area (Å²) in [7, 11) is -9.77. The van der Waals surface area contributed by atoms with Crippen LogP contribution >= 0.6 is 15.6 Å². The Hall–Kier alpha value is -3.27. The van der Waals surface area contributed by atoms with Crippen molar-refractivity contribution in [2.45, 2.75) is 283 Å². The molecule has 0 aliphatic carbocycles. The summed E-state index contributed by atoms with van der Waals surface area (Å²) in [6, 6.07) is 0. The number of carbonyl (C=O) groups excluding carboxylic acids is 3. The van der Waals surface area contributed by atoms with Gasteiger partial charge in [0.25, 0.3) is 0 Å². The lowest BCUT2D eigenvalue weighted by Crippen LogP contribution is -2.30. The molecular weight excluding hydrogens is 1120 g/mol. The predicted octanol–water partition coefficient (Wildman–Crippen LogP) is 17.8. The van der Waals surface area contributed by atoms with Gasteiger partial charge < -0.3 is 34.2 Å². The standard InChI is InChI=1S/C67H118O16P2/c1-4-7-10-13-16-19-22-24-26-27-28-29-30-31-32-33-35-37-39-41-44-47-50-53-65(70)77-56-62(68)57-79-84(73,74)80-58-63(69)59-81-85(75,76)82-61-64(83-67(72)55-52-49-46-43-38-21-18-15-12-9-6-3)60-78-66(71)54-51-48-45-42-40-36-34-25-23-20-17-14-11-8-5-2/h15-20,24-26,28-29,31-32,34,62-64,68-69H,4-14,21-23,27,30,33,35-61H2,1-3H3,(H,73,74)(H,75,76)/b18-15-,19-16-,20-17-,26-24-,29-28-,32-31-,34-25-. The Kier molecular flexibility index (Phi) is 58.6. The van der Waals surface area contributed by atoms with E-state index in [-0.39, 0.29) is 19.3 Å². The first kappa shape index (κ1) is 81.7. The first-order valence-electron chi connectivity index (χ1n) is 32.9. The Balaban J connectivity index is 4.55. The SMILES string of the molecule is CCCC/C=C\CCCCCCCC(=O)OC(COC(=O)CCCCCCC/C=C\C/C=C\CCCCC)COP(=O)(O)OCC(O)COP(=O)(O)OCC(O)COC(=O)CCCCCCCCC/C=C\C/C=C\C/C=C\C/C=C\CCCCC. The number of phosphoric ester groups is 2. The van der Waals surface area contributed by atoms with Crippen molar-refractivity contribution in [3.8, 4) is 0 Å². The first-order valence-corrected chi connectivity index (χ1v) is 35.9. The Labute approximate surface area is 515 Å². The van der Waals surface area contributed by atoms with Gasteiger partial charge in [0.1, 0.15) is 25.4 Å². The number of allylic oxidation sites excluding steroid dienone is 14. The second kappa shape index (κ2) is 61.0. The highest BCUT2D eigenvalue weighted by Crippen LogP contribution is 2.45. The summed E-state index contributed by atoms with van der Waals surface area (Å²) in [5.74, 6) is -1.61. The molecule has 492 valence electrons. The van der Waals surface area contributed by atoms with Gasteiger partial charge in [-0.3, -0.25) is 32.5 Å². The molecule has 0 fully saturated rings. The Morgan fingerprint density at radius 1 is 0.329 bits per heavy atom. The van der Waals surface area contributed by atoms with Crippen molar-refractivity contribution in [2.75, 3.05) is 39.6 Å². The van der Waals surface area contributed by atoms with E-state index < -0.39 is 91.5 Å². The molecule has 0 aliphatic heterocycles. The van der Waals surface area contributed by atoms with Crippen LogP contribution in [0.4, 0.5) is 0 Å². The highest BCUT2D eigenvalue weighted by molar-refractivity contribution is 7.47. The van der Waals surface area contributed by atoms with Crippen molar-refractivity contribution in [3.05, 3.63) is 85.1 Å². The molecule has 0 aliphatic rings. The smallest absolute Gasteiger partial charge is 0.463 e. The van der Waals surface area contributed by atoms with E-state index in [0.29, 0.717) is 19.3 Å². The Morgan fingerprint density at radius 2 is 0.600 bits per heavy atom. The number of aliphatic hydroxyl groups is 2. The van der Waals surface area contributed by atoms with Gasteiger partial charge in [0.2, 0.25) is 0 Å². The molecule has 0 saturated carbocycles. The van der Waals surface area contributed by atoms with Crippen LogP contribution in [0.1, 0.15) is 265 Å². The van der Waals surface area contributed by atoms with Crippen LogP contribution in [0.5, 0.6) is 0 Å². The van der Waals surface area contributed by atoms with E-state index in [1.165, 1.54) is 57.8 Å². The fourth-order valence-electron chi connectivity index (χ4n) is 8.45. The van der Waals surface area contributed by atoms with Gasteiger partial charge >= 0.3 is 33.6 Å². The zero-order valence-corrected chi connectivity index (χ0v) is 54.8. The lowest BCUT2D eigenvalue weighted by molar-refractivity contribution is -0.161. The van der Waals surface area contributed by atoms with Crippen LogP contribution in [-0.4, -0.2) is 95.9 Å². The Bertz CT molecular complexity index is 1900. The number of ether oxygens (including phenoxy) is 3. The molecule has 0 saturated heterocycles. The van der Waals surface area contributed by atoms with Crippen LogP contribution in [0, 0.1) is 0 Å². The van der Waals surface area contributed by atoms with Crippen LogP contribution in [0.15, 0.2) is 85.1 Å². The summed E-state index contributed by atoms with van der Waals surface area (Å²) >= 11 is 0. The number of phosphoric acid groups is 2. The topological polar surface area (TPSA) is 231 Å². The molecule has 0 aromatic heterocycles. The third-order valence-electron chi connectivity index (χ3n) is 13.6. The molecule has 0 spiro atoms. The van der Waals surface area contributed by atoms with E-state index in [1.807, 2.05) is 0 Å². The van der Waals surface area contributed by atoms with Crippen molar-refractivity contribution < 1.29 is 75.8 Å². The molecule has 85 heavy (non-hydrogen) atoms. The molecule has 5 atom stereocenters. The number of aliphatic hydroxyl groups excluding tert-OH is 2. The average molecular weight is 1240 g/mol. The van der Waals surface area contributed by atoms with Crippen molar-refractivity contribution >= 4 is 33.6 Å². The lowest BCUT2D eigenvalue weighted by atomic mass is 10.1. The van der Waals surface area contributed by atoms with Crippen LogP contribution in [0.2, 0.25) is 0 Å². The molecule has 0 aromatic carbocycles. The number of hydrogen-bond acceptors (Lipinski definition) is 14. The van der Waals surface area contributed by atoms with Crippen molar-refractivity contribution in [3.63, 3.8) is 0 Å². The van der Waals surface area contributed by atoms with E-state index in [2.05, 4.69) is 106 Å². The third-order valence-corrected chi connectivity index (χ3v) is 15.5. The number of hydrogen-bond donors (Lipinski definition) is 4. The minimum Gasteiger partial charge on any atom is -0.463 e. The summed E-state index contributed by atoms with van der Waals surface area (Å²) in [4.78, 5) is 58.2. The highest BCUT2D eigenvalue weighted by Gasteiger charge is 2.29. The van der Waals surface area contributed by atoms with Crippen LogP contribution in [-0.2, 0) is 55.8 Å². The molecule has 18 heteroatoms. The molecule has 16 nitrogen and oxygen atoms in total. The maximum atomic E-state index is 12.8. The van der Waals surface area contributed by atoms with Gasteiger partial charge in [0.05, 0.1) is 26.4 Å². The van der Waals surface area contributed by atoms with Crippen LogP contribution < -0.4 is 0 Å². The third kappa shape index (κ3) is 62.1. The quantitative estimate of drug-likeness (QED) is 0.0146. The second-order valence-corrected chi connectivity index (χ2v) is 24.8. The zero-order chi connectivity index (χ0) is 62.4. The van der Waals surface area contributed by atoms with Gasteiger partial charge in [0, 0.05) is 19.3 Å². The van der Waals surface area contributed by atoms with Gasteiger partial charge in [-0.2, -0.15) is 0 Å². The largest absolute Gasteiger partial charge is 0.472 e. The van der Waals surface area contributed by atoms with Crippen molar-refractivity contribution in [2.24, 2.45) is 0 Å². The number of esters is 3. The van der Waals surface area contributed by atoms with Crippen LogP contribution in [0.25, 0.3) is 0 Å². The molecule has 0 radical (unpaired) electrons. The maximum Gasteiger partial charge on any atom is 0.472 e. The molecule has 4 N–H and O–H groups in total. The summed E-state index contributed by atoms with van der Waals surface area (Å²) in [6.07, 6.45) is 63.6. The zero-order valence-electron chi connectivity index (χ0n) is 53.0. The Morgan fingerprint density at radius 3 is 0.976 bits per heavy atom. The van der Waals surface area contributed by atoms with Gasteiger partial charge in [-0.05, 0) is 116 Å². The summed E-state index contributed by atoms with van der Waals surface area (Å²) < 4.78 is 60.7. The van der Waals surface area contributed by atoms with Gasteiger partial charge in [-0.15, -0.1) is 0 Å². The fraction of sp³-hybridized carbons (Fsp3) is 0.746. The molecule has 0 heterocycles. The van der Waals surface area contributed by atoms with E-state index in [9.17, 15) is 43.5 Å². The monoisotopic (exact) mass is 1240 g/mol. The van der Waals surface area contributed by atoms with Gasteiger partial charge in [-0.1, -0.05) is 215 Å². The van der Waals surface area contributed by atoms with Crippen molar-refractivity contribution in [1.82, 2.24) is 0 Å². The normalized spacial score (nSPS) is 14.9. The molecule has 0 bridgehead atoms. The number of carbonyl (C=O) groups is 3. The van der Waals surface area contributed by atoms with E-state index in [4.69, 9.17) is 32.3 Å². The van der Waals surface area contributed by atoms with Gasteiger partial charge in [-0.25, -0.2) is 9.13 Å². The van der Waals surface area contributed by atoms with E-state index >= 15 is 0 Å². The van der Waals surface area contributed by atoms with Crippen molar-refractivity contribution in [1.29, 1.82) is 0 Å². The first-order chi connectivity index (χ1) is 41.2. The minimum atomic E-state index is -4.92. The summed E-state index contributed by atoms with van der Waals surface area (Å²) in [5, 5.41) is 20.5. The molecule has 5 unspecified atom stereocenters. The van der Waals surface area contributed by atoms with Gasteiger partial charge in [0.15, 0.2) is 6.10 Å². The average Bonchev–Trinajstić information content (AvgIpc) is 3.53. The summed E-state index contributed by atoms with van der Waals surface area (Å²) in [5.41, 5.74) is 0. The lowest BCUT2D eigenvalue weighted by Gasteiger charge is -2.21.